The van der Waals surface area contributed by atoms with Crippen molar-refractivity contribution in [2.24, 2.45) is 0 Å². The zero-order valence-electron chi connectivity index (χ0n) is 11.8. The third kappa shape index (κ3) is 3.20. The minimum Gasteiger partial charge on any atom is -0.392 e. The molecule has 1 fully saturated rings. The Bertz CT molecular complexity index is 577. The van der Waals surface area contributed by atoms with Gasteiger partial charge in [0.1, 0.15) is 0 Å². The topological polar surface area (TPSA) is 75.6 Å². The first-order chi connectivity index (χ1) is 9.40. The summed E-state index contributed by atoms with van der Waals surface area (Å²) in [5, 5.41) is 9.19. The fourth-order valence-electron chi connectivity index (χ4n) is 2.37. The Kier molecular flexibility index (Phi) is 4.49. The highest BCUT2D eigenvalue weighted by atomic mass is 32.2. The molecule has 2 N–H and O–H groups in total. The van der Waals surface area contributed by atoms with Crippen LogP contribution in [0.2, 0.25) is 0 Å². The Labute approximate surface area is 120 Å². The third-order valence-electron chi connectivity index (χ3n) is 3.58. The van der Waals surface area contributed by atoms with E-state index in [9.17, 15) is 13.5 Å². The molecule has 1 saturated heterocycles. The summed E-state index contributed by atoms with van der Waals surface area (Å²) < 4.78 is 33.2. The lowest BCUT2D eigenvalue weighted by molar-refractivity contribution is 0.178. The molecule has 0 aromatic heterocycles. The van der Waals surface area contributed by atoms with E-state index in [1.807, 2.05) is 13.8 Å². The van der Waals surface area contributed by atoms with E-state index in [1.54, 1.807) is 18.2 Å². The van der Waals surface area contributed by atoms with Gasteiger partial charge in [-0.1, -0.05) is 19.1 Å². The first kappa shape index (κ1) is 15.4. The second-order valence-corrected chi connectivity index (χ2v) is 7.07. The van der Waals surface area contributed by atoms with Gasteiger partial charge in [-0.3, -0.25) is 0 Å². The van der Waals surface area contributed by atoms with E-state index in [4.69, 9.17) is 4.74 Å². The van der Waals surface area contributed by atoms with Crippen LogP contribution in [0.1, 0.15) is 31.4 Å². The van der Waals surface area contributed by atoms with Gasteiger partial charge < -0.3 is 9.84 Å². The van der Waals surface area contributed by atoms with Crippen LogP contribution < -0.4 is 4.72 Å². The van der Waals surface area contributed by atoms with Crippen LogP contribution in [0.15, 0.2) is 23.1 Å². The maximum atomic E-state index is 12.6. The minimum absolute atomic E-state index is 0.174. The Hall–Kier alpha value is -0.950. The number of aliphatic hydroxyl groups excluding tert-OH is 1. The largest absolute Gasteiger partial charge is 0.392 e. The summed E-state index contributed by atoms with van der Waals surface area (Å²) >= 11 is 0. The molecule has 1 aliphatic heterocycles. The monoisotopic (exact) mass is 299 g/mol. The average molecular weight is 299 g/mol. The van der Waals surface area contributed by atoms with E-state index in [2.05, 4.69) is 4.72 Å². The first-order valence-electron chi connectivity index (χ1n) is 6.74. The molecule has 112 valence electrons. The maximum Gasteiger partial charge on any atom is 0.241 e. The number of hydrogen-bond acceptors (Lipinski definition) is 4. The van der Waals surface area contributed by atoms with Crippen molar-refractivity contribution in [3.8, 4) is 0 Å². The molecular weight excluding hydrogens is 278 g/mol. The Morgan fingerprint density at radius 3 is 2.75 bits per heavy atom. The van der Waals surface area contributed by atoms with Crippen LogP contribution in [0.4, 0.5) is 0 Å². The number of ether oxygens (including phenoxy) is 1. The third-order valence-corrected chi connectivity index (χ3v) is 5.30. The molecule has 0 saturated carbocycles. The summed E-state index contributed by atoms with van der Waals surface area (Å²) in [5.74, 6) is 0. The predicted octanol–water partition coefficient (Wildman–Crippen LogP) is 1.20. The Balaban J connectivity index is 2.37. The van der Waals surface area contributed by atoms with Crippen molar-refractivity contribution in [2.75, 3.05) is 13.2 Å². The van der Waals surface area contributed by atoms with Crippen molar-refractivity contribution >= 4 is 10.0 Å². The van der Waals surface area contributed by atoms with Crippen LogP contribution in [0.5, 0.6) is 0 Å². The van der Waals surface area contributed by atoms with Gasteiger partial charge in [-0.25, -0.2) is 13.1 Å². The molecule has 1 aromatic rings. The summed E-state index contributed by atoms with van der Waals surface area (Å²) in [5.41, 5.74) is 0.784. The quantitative estimate of drug-likeness (QED) is 0.856. The molecule has 1 unspecified atom stereocenters. The van der Waals surface area contributed by atoms with E-state index in [-0.39, 0.29) is 11.5 Å². The van der Waals surface area contributed by atoms with Gasteiger partial charge in [0, 0.05) is 6.61 Å². The zero-order chi connectivity index (χ0) is 14.8. The highest BCUT2D eigenvalue weighted by Crippen LogP contribution is 2.24. The summed E-state index contributed by atoms with van der Waals surface area (Å²) in [6.45, 7) is 4.53. The Morgan fingerprint density at radius 2 is 2.20 bits per heavy atom. The number of aliphatic hydroxyl groups is 1. The van der Waals surface area contributed by atoms with Crippen LogP contribution in [0, 0.1) is 0 Å². The number of nitrogens with one attached hydrogen (secondary N) is 1. The molecule has 1 aliphatic rings. The average Bonchev–Trinajstić information content (AvgIpc) is 2.83. The summed E-state index contributed by atoms with van der Waals surface area (Å²) in [6.07, 6.45) is 1.28. The molecule has 2 rings (SSSR count). The van der Waals surface area contributed by atoms with Crippen LogP contribution in [-0.2, 0) is 27.8 Å². The number of benzene rings is 1. The van der Waals surface area contributed by atoms with Crippen molar-refractivity contribution < 1.29 is 18.3 Å². The molecular formula is C14H21NO4S. The van der Waals surface area contributed by atoms with Gasteiger partial charge in [0.25, 0.3) is 0 Å². The van der Waals surface area contributed by atoms with E-state index in [0.29, 0.717) is 31.6 Å². The summed E-state index contributed by atoms with van der Waals surface area (Å²) in [6, 6.07) is 5.05. The van der Waals surface area contributed by atoms with Crippen molar-refractivity contribution in [1.82, 2.24) is 4.72 Å². The highest BCUT2D eigenvalue weighted by Gasteiger charge is 2.35. The molecule has 6 heteroatoms. The van der Waals surface area contributed by atoms with Gasteiger partial charge in [0.2, 0.25) is 10.0 Å². The molecule has 0 amide bonds. The Morgan fingerprint density at radius 1 is 1.45 bits per heavy atom. The second-order valence-electron chi connectivity index (χ2n) is 5.42. The summed E-state index contributed by atoms with van der Waals surface area (Å²) in [4.78, 5) is 0.250. The lowest BCUT2D eigenvalue weighted by Gasteiger charge is -2.24. The number of hydrogen-bond donors (Lipinski definition) is 2. The molecule has 20 heavy (non-hydrogen) atoms. The van der Waals surface area contributed by atoms with Gasteiger partial charge in [-0.2, -0.15) is 0 Å². The van der Waals surface area contributed by atoms with Crippen LogP contribution >= 0.6 is 0 Å². The maximum absolute atomic E-state index is 12.6. The van der Waals surface area contributed by atoms with Crippen LogP contribution in [0.25, 0.3) is 0 Å². The van der Waals surface area contributed by atoms with Crippen molar-refractivity contribution in [2.45, 2.75) is 43.7 Å². The normalized spacial score (nSPS) is 23.1. The van der Waals surface area contributed by atoms with Gasteiger partial charge >= 0.3 is 0 Å². The number of sulfonamides is 1. The number of aryl methyl sites for hydroxylation is 1. The minimum atomic E-state index is -3.62. The molecule has 5 nitrogen and oxygen atoms in total. The van der Waals surface area contributed by atoms with Gasteiger partial charge in [-0.15, -0.1) is 0 Å². The fraction of sp³-hybridized carbons (Fsp3) is 0.571. The highest BCUT2D eigenvalue weighted by molar-refractivity contribution is 7.89. The summed E-state index contributed by atoms with van der Waals surface area (Å²) in [7, 11) is -3.62. The van der Waals surface area contributed by atoms with Crippen molar-refractivity contribution in [3.63, 3.8) is 0 Å². The molecule has 0 spiro atoms. The van der Waals surface area contributed by atoms with Gasteiger partial charge in [0.05, 0.1) is 23.6 Å². The van der Waals surface area contributed by atoms with E-state index in [1.165, 1.54) is 0 Å². The second kappa shape index (κ2) is 5.81. The van der Waals surface area contributed by atoms with E-state index < -0.39 is 15.6 Å². The van der Waals surface area contributed by atoms with Crippen molar-refractivity contribution in [1.29, 1.82) is 0 Å². The smallest absolute Gasteiger partial charge is 0.241 e. The van der Waals surface area contributed by atoms with Gasteiger partial charge in [-0.05, 0) is 37.0 Å². The van der Waals surface area contributed by atoms with E-state index >= 15 is 0 Å². The van der Waals surface area contributed by atoms with Gasteiger partial charge in [0.15, 0.2) is 0 Å². The van der Waals surface area contributed by atoms with Crippen LogP contribution in [-0.4, -0.2) is 32.3 Å². The zero-order valence-corrected chi connectivity index (χ0v) is 12.7. The number of rotatable bonds is 5. The molecule has 1 aromatic carbocycles. The molecule has 1 heterocycles. The standard InChI is InChI=1S/C14H21NO4S/c1-3-12-5-4-11(9-16)8-13(12)20(17,18)15-14(2)6-7-19-10-14/h4-5,8,15-16H,3,6-7,9-10H2,1-2H3. The predicted molar refractivity (Wildman–Crippen MR) is 75.9 cm³/mol. The fourth-order valence-corrected chi connectivity index (χ4v) is 4.15. The molecule has 0 radical (unpaired) electrons. The molecule has 0 aliphatic carbocycles. The van der Waals surface area contributed by atoms with E-state index in [0.717, 1.165) is 5.56 Å². The van der Waals surface area contributed by atoms with Crippen LogP contribution in [0.3, 0.4) is 0 Å². The lowest BCUT2D eigenvalue weighted by Crippen LogP contribution is -2.46. The molecule has 0 bridgehead atoms. The molecule has 1 atom stereocenters. The SMILES string of the molecule is CCc1ccc(CO)cc1S(=O)(=O)NC1(C)CCOC1. The lowest BCUT2D eigenvalue weighted by atomic mass is 10.0. The first-order valence-corrected chi connectivity index (χ1v) is 8.23. The van der Waals surface area contributed by atoms with Crippen molar-refractivity contribution in [3.05, 3.63) is 29.3 Å².